The van der Waals surface area contributed by atoms with Crippen LogP contribution < -0.4 is 0 Å². The maximum Gasteiger partial charge on any atom is 0.164 e. The van der Waals surface area contributed by atoms with Gasteiger partial charge in [0.15, 0.2) is 17.5 Å². The molecular formula is C52H32N4S. The number of hydrogen-bond acceptors (Lipinski definition) is 5. The lowest BCUT2D eigenvalue weighted by atomic mass is 9.96. The van der Waals surface area contributed by atoms with Gasteiger partial charge < -0.3 is 0 Å². The number of aromatic nitrogens is 4. The minimum Gasteiger partial charge on any atom is -0.247 e. The van der Waals surface area contributed by atoms with E-state index in [0.29, 0.717) is 17.5 Å². The van der Waals surface area contributed by atoms with Crippen molar-refractivity contribution in [2.45, 2.75) is 0 Å². The van der Waals surface area contributed by atoms with E-state index in [2.05, 4.69) is 158 Å². The summed E-state index contributed by atoms with van der Waals surface area (Å²) in [4.78, 5) is 20.5. The Hall–Kier alpha value is -7.34. The van der Waals surface area contributed by atoms with Crippen molar-refractivity contribution in [3.8, 4) is 67.7 Å². The molecule has 0 aliphatic heterocycles. The summed E-state index contributed by atoms with van der Waals surface area (Å²) < 4.78 is 2.54. The Kier molecular flexibility index (Phi) is 7.97. The second kappa shape index (κ2) is 13.7. The van der Waals surface area contributed by atoms with Crippen LogP contribution in [0.5, 0.6) is 0 Å². The summed E-state index contributed by atoms with van der Waals surface area (Å²) >= 11 is 1.85. The molecule has 0 saturated heterocycles. The SMILES string of the molecule is c1ccc(-c2ccc(-c3nc(-c4ccccc4)nc(-c4cccc(-c5cccc(-c6nc7ccc8ccccc8c7c7sc8ccccc8c67)c5)c4)n3)cc2)cc1. The number of fused-ring (bicyclic) bond motifs is 7. The van der Waals surface area contributed by atoms with Crippen LogP contribution >= 0.6 is 11.3 Å². The van der Waals surface area contributed by atoms with Gasteiger partial charge in [-0.1, -0.05) is 170 Å². The van der Waals surface area contributed by atoms with Crippen molar-refractivity contribution in [3.63, 3.8) is 0 Å². The lowest BCUT2D eigenvalue weighted by Crippen LogP contribution is -2.00. The number of hydrogen-bond donors (Lipinski definition) is 0. The molecule has 0 saturated carbocycles. The average Bonchev–Trinajstić information content (AvgIpc) is 3.69. The Balaban J connectivity index is 1.03. The number of thiophene rings is 1. The van der Waals surface area contributed by atoms with Gasteiger partial charge in [0.05, 0.1) is 11.2 Å². The van der Waals surface area contributed by atoms with Gasteiger partial charge >= 0.3 is 0 Å². The molecule has 8 aromatic carbocycles. The minimum atomic E-state index is 0.624. The second-order valence-electron chi connectivity index (χ2n) is 14.2. The smallest absolute Gasteiger partial charge is 0.164 e. The van der Waals surface area contributed by atoms with E-state index in [-0.39, 0.29) is 0 Å². The Morgan fingerprint density at radius 3 is 1.56 bits per heavy atom. The number of benzene rings is 8. The molecule has 266 valence electrons. The third kappa shape index (κ3) is 5.93. The van der Waals surface area contributed by atoms with Gasteiger partial charge in [0.2, 0.25) is 0 Å². The van der Waals surface area contributed by atoms with Crippen LogP contribution in [-0.2, 0) is 0 Å². The Morgan fingerprint density at radius 2 is 0.825 bits per heavy atom. The quantitative estimate of drug-likeness (QED) is 0.159. The van der Waals surface area contributed by atoms with Crippen LogP contribution in [0.1, 0.15) is 0 Å². The fourth-order valence-electron chi connectivity index (χ4n) is 7.91. The zero-order valence-corrected chi connectivity index (χ0v) is 31.5. The minimum absolute atomic E-state index is 0.624. The summed E-state index contributed by atoms with van der Waals surface area (Å²) in [7, 11) is 0. The monoisotopic (exact) mass is 744 g/mol. The highest BCUT2D eigenvalue weighted by molar-refractivity contribution is 7.27. The molecule has 0 unspecified atom stereocenters. The molecule has 0 aliphatic rings. The molecule has 3 aromatic heterocycles. The van der Waals surface area contributed by atoms with Crippen LogP contribution in [0.15, 0.2) is 194 Å². The fourth-order valence-corrected chi connectivity index (χ4v) is 9.18. The highest BCUT2D eigenvalue weighted by Gasteiger charge is 2.19. The zero-order valence-electron chi connectivity index (χ0n) is 30.7. The molecule has 57 heavy (non-hydrogen) atoms. The maximum absolute atomic E-state index is 5.43. The molecule has 3 heterocycles. The van der Waals surface area contributed by atoms with Gasteiger partial charge in [-0.05, 0) is 57.3 Å². The van der Waals surface area contributed by atoms with Crippen molar-refractivity contribution in [2.24, 2.45) is 0 Å². The molecular weight excluding hydrogens is 713 g/mol. The van der Waals surface area contributed by atoms with Crippen molar-refractivity contribution in [3.05, 3.63) is 194 Å². The topological polar surface area (TPSA) is 51.6 Å². The predicted octanol–water partition coefficient (Wildman–Crippen LogP) is 13.9. The van der Waals surface area contributed by atoms with Gasteiger partial charge in [0.25, 0.3) is 0 Å². The van der Waals surface area contributed by atoms with E-state index in [1.165, 1.54) is 41.9 Å². The maximum atomic E-state index is 5.43. The van der Waals surface area contributed by atoms with Crippen molar-refractivity contribution >= 4 is 53.2 Å². The standard InChI is InChI=1S/C52H32N4S/c1-3-13-33(14-4-1)34-25-27-37(28-26-34)51-54-50(36-16-5-2-6-17-36)55-52(56-51)41-21-12-19-39(32-41)38-18-11-20-40(31-38)48-47-43-23-9-10-24-45(43)57-49(47)46-42-22-8-7-15-35(42)29-30-44(46)53-48/h1-32H. The molecule has 0 bridgehead atoms. The van der Waals surface area contributed by atoms with E-state index in [1.54, 1.807) is 0 Å². The van der Waals surface area contributed by atoms with E-state index < -0.39 is 0 Å². The first kappa shape index (κ1) is 33.0. The van der Waals surface area contributed by atoms with Gasteiger partial charge in [-0.2, -0.15) is 0 Å². The van der Waals surface area contributed by atoms with Gasteiger partial charge in [-0.25, -0.2) is 19.9 Å². The van der Waals surface area contributed by atoms with Gasteiger partial charge in [0.1, 0.15) is 0 Å². The molecule has 0 radical (unpaired) electrons. The largest absolute Gasteiger partial charge is 0.247 e. The van der Waals surface area contributed by atoms with E-state index >= 15 is 0 Å². The van der Waals surface area contributed by atoms with Gasteiger partial charge in [0, 0.05) is 47.8 Å². The third-order valence-corrected chi connectivity index (χ3v) is 11.9. The van der Waals surface area contributed by atoms with Crippen LogP contribution in [0.4, 0.5) is 0 Å². The molecule has 11 rings (SSSR count). The second-order valence-corrected chi connectivity index (χ2v) is 15.3. The summed E-state index contributed by atoms with van der Waals surface area (Å²) in [6.45, 7) is 0. The van der Waals surface area contributed by atoms with E-state index in [1.807, 2.05) is 47.7 Å². The molecule has 0 aliphatic carbocycles. The lowest BCUT2D eigenvalue weighted by molar-refractivity contribution is 1.07. The summed E-state index contributed by atoms with van der Waals surface area (Å²) in [5.41, 5.74) is 10.4. The average molecular weight is 745 g/mol. The highest BCUT2D eigenvalue weighted by Crippen LogP contribution is 2.45. The molecule has 4 nitrogen and oxygen atoms in total. The first-order valence-corrected chi connectivity index (χ1v) is 19.9. The molecule has 0 spiro atoms. The van der Waals surface area contributed by atoms with E-state index in [4.69, 9.17) is 19.9 Å². The van der Waals surface area contributed by atoms with Crippen molar-refractivity contribution in [1.82, 2.24) is 19.9 Å². The van der Waals surface area contributed by atoms with Crippen molar-refractivity contribution < 1.29 is 0 Å². The summed E-state index contributed by atoms with van der Waals surface area (Å²) in [6, 6.07) is 67.9. The van der Waals surface area contributed by atoms with Crippen LogP contribution in [-0.4, -0.2) is 19.9 Å². The van der Waals surface area contributed by atoms with Crippen LogP contribution in [0.3, 0.4) is 0 Å². The van der Waals surface area contributed by atoms with Crippen LogP contribution in [0, 0.1) is 0 Å². The van der Waals surface area contributed by atoms with Gasteiger partial charge in [-0.3, -0.25) is 0 Å². The van der Waals surface area contributed by atoms with Crippen molar-refractivity contribution in [2.75, 3.05) is 0 Å². The van der Waals surface area contributed by atoms with E-state index in [9.17, 15) is 0 Å². The zero-order chi connectivity index (χ0) is 37.7. The Bertz CT molecular complexity index is 3280. The lowest BCUT2D eigenvalue weighted by Gasteiger charge is -2.12. The molecule has 0 N–H and O–H groups in total. The highest BCUT2D eigenvalue weighted by atomic mass is 32.1. The van der Waals surface area contributed by atoms with Crippen LogP contribution in [0.2, 0.25) is 0 Å². The first-order valence-electron chi connectivity index (χ1n) is 19.0. The van der Waals surface area contributed by atoms with E-state index in [0.717, 1.165) is 50.2 Å². The molecule has 11 aromatic rings. The molecule has 0 amide bonds. The van der Waals surface area contributed by atoms with Gasteiger partial charge in [-0.15, -0.1) is 11.3 Å². The molecule has 0 fully saturated rings. The number of pyridine rings is 1. The summed E-state index contributed by atoms with van der Waals surface area (Å²) in [6.07, 6.45) is 0. The first-order chi connectivity index (χ1) is 28.2. The number of rotatable bonds is 6. The molecule has 0 atom stereocenters. The Morgan fingerprint density at radius 1 is 0.316 bits per heavy atom. The summed E-state index contributed by atoms with van der Waals surface area (Å²) in [5.74, 6) is 1.89. The predicted molar refractivity (Wildman–Crippen MR) is 238 cm³/mol. The van der Waals surface area contributed by atoms with Crippen molar-refractivity contribution in [1.29, 1.82) is 0 Å². The summed E-state index contributed by atoms with van der Waals surface area (Å²) in [5, 5.41) is 6.11. The third-order valence-electron chi connectivity index (χ3n) is 10.7. The molecule has 5 heteroatoms. The number of nitrogens with zero attached hydrogens (tertiary/aromatic N) is 4. The van der Waals surface area contributed by atoms with Crippen LogP contribution in [0.25, 0.3) is 110 Å². The normalized spacial score (nSPS) is 11.5. The Labute approximate surface area is 333 Å². The fraction of sp³-hybridized carbons (Fsp3) is 0.